The molecule has 0 aromatic heterocycles. The van der Waals surface area contributed by atoms with Crippen LogP contribution in [0.2, 0.25) is 0 Å². The van der Waals surface area contributed by atoms with E-state index < -0.39 is 0 Å². The van der Waals surface area contributed by atoms with Crippen molar-refractivity contribution in [1.29, 1.82) is 0 Å². The van der Waals surface area contributed by atoms with Crippen molar-refractivity contribution in [1.82, 2.24) is 0 Å². The third-order valence-electron chi connectivity index (χ3n) is 3.32. The Hall–Kier alpha value is -2.13. The monoisotopic (exact) mass is 250 g/mol. The molecule has 3 aromatic carbocycles. The molecule has 3 rings (SSSR count). The number of benzene rings is 3. The van der Waals surface area contributed by atoms with Gasteiger partial charge >= 0.3 is 7.48 Å². The first-order chi connectivity index (χ1) is 9.29. The molecule has 0 unspecified atom stereocenters. The molecule has 0 spiro atoms. The van der Waals surface area contributed by atoms with Crippen molar-refractivity contribution >= 4 is 23.7 Å². The van der Waals surface area contributed by atoms with Gasteiger partial charge in [0.25, 0.3) is 0 Å². The summed E-state index contributed by atoms with van der Waals surface area (Å²) in [6.07, 6.45) is 0. The number of hydrogen-bond acceptors (Lipinski definition) is 1. The summed E-state index contributed by atoms with van der Waals surface area (Å²) >= 11 is 0. The summed E-state index contributed by atoms with van der Waals surface area (Å²) in [7, 11) is -0.0984. The van der Waals surface area contributed by atoms with E-state index >= 15 is 0 Å². The summed E-state index contributed by atoms with van der Waals surface area (Å²) in [6, 6.07) is 18.4. The van der Waals surface area contributed by atoms with Gasteiger partial charge in [0.15, 0.2) is 0 Å². The van der Waals surface area contributed by atoms with Crippen LogP contribution in [0.25, 0.3) is 21.9 Å². The molecule has 0 radical (unpaired) electrons. The molecule has 0 saturated carbocycles. The average Bonchev–Trinajstić information content (AvgIpc) is 2.46. The van der Waals surface area contributed by atoms with E-state index in [2.05, 4.69) is 0 Å². The zero-order valence-electron chi connectivity index (χ0n) is 10.3. The van der Waals surface area contributed by atoms with Crippen LogP contribution in [-0.4, -0.2) is 12.5 Å². The molecule has 1 nitrogen and oxygen atoms in total. The summed E-state index contributed by atoms with van der Waals surface area (Å²) < 4.78 is 13.5. The fourth-order valence-corrected chi connectivity index (χ4v) is 2.40. The summed E-state index contributed by atoms with van der Waals surface area (Å²) in [5.41, 5.74) is 2.43. The van der Waals surface area contributed by atoms with E-state index in [0.717, 1.165) is 27.4 Å². The molecule has 1 N–H and O–H groups in total. The van der Waals surface area contributed by atoms with Gasteiger partial charge in [0.2, 0.25) is 0 Å². The van der Waals surface area contributed by atoms with Gasteiger partial charge in [0.1, 0.15) is 5.82 Å². The molecule has 0 saturated heterocycles. The van der Waals surface area contributed by atoms with Crippen LogP contribution >= 0.6 is 0 Å². The molecule has 0 aliphatic heterocycles. The maximum atomic E-state index is 13.5. The lowest BCUT2D eigenvalue weighted by Gasteiger charge is -2.10. The fourth-order valence-electron chi connectivity index (χ4n) is 2.40. The average molecular weight is 250 g/mol. The standard InChI is InChI=1S/C16H12BFO/c18-12-8-9-16(17-19)15(10-12)14-7-3-5-11-4-1-2-6-13(11)14/h1-10,17,19H. The van der Waals surface area contributed by atoms with Crippen LogP contribution in [0.1, 0.15) is 0 Å². The summed E-state index contributed by atoms with van der Waals surface area (Å²) in [6.45, 7) is 0. The highest BCUT2D eigenvalue weighted by Gasteiger charge is 2.09. The summed E-state index contributed by atoms with van der Waals surface area (Å²) in [5.74, 6) is -0.292. The maximum Gasteiger partial charge on any atom is 0.305 e. The Morgan fingerprint density at radius 3 is 2.47 bits per heavy atom. The zero-order chi connectivity index (χ0) is 13.2. The lowest BCUT2D eigenvalue weighted by Crippen LogP contribution is -2.16. The van der Waals surface area contributed by atoms with E-state index in [4.69, 9.17) is 0 Å². The van der Waals surface area contributed by atoms with Crippen LogP contribution in [0, 0.1) is 5.82 Å². The predicted molar refractivity (Wildman–Crippen MR) is 78.3 cm³/mol. The van der Waals surface area contributed by atoms with E-state index in [9.17, 15) is 9.41 Å². The Kier molecular flexibility index (Phi) is 3.06. The van der Waals surface area contributed by atoms with Gasteiger partial charge in [0, 0.05) is 0 Å². The first kappa shape index (κ1) is 11.9. The van der Waals surface area contributed by atoms with E-state index in [-0.39, 0.29) is 13.3 Å². The molecule has 3 aromatic rings. The van der Waals surface area contributed by atoms with Gasteiger partial charge < -0.3 is 5.02 Å². The van der Waals surface area contributed by atoms with Crippen LogP contribution in [0.15, 0.2) is 60.7 Å². The lowest BCUT2D eigenvalue weighted by atomic mass is 9.81. The van der Waals surface area contributed by atoms with Gasteiger partial charge in [-0.05, 0) is 39.5 Å². The molecule has 92 valence electrons. The van der Waals surface area contributed by atoms with E-state index in [0.29, 0.717) is 0 Å². The largest absolute Gasteiger partial charge is 0.449 e. The second-order valence-corrected chi connectivity index (χ2v) is 4.49. The minimum Gasteiger partial charge on any atom is -0.449 e. The van der Waals surface area contributed by atoms with Crippen molar-refractivity contribution in [2.24, 2.45) is 0 Å². The summed E-state index contributed by atoms with van der Waals surface area (Å²) in [5, 5.41) is 11.6. The molecule has 0 atom stereocenters. The molecule has 0 bridgehead atoms. The third kappa shape index (κ3) is 2.13. The highest BCUT2D eigenvalue weighted by atomic mass is 19.1. The van der Waals surface area contributed by atoms with Gasteiger partial charge in [-0.3, -0.25) is 0 Å². The second kappa shape index (κ2) is 4.86. The minimum absolute atomic E-state index is 0.0984. The van der Waals surface area contributed by atoms with E-state index in [1.165, 1.54) is 12.1 Å². The first-order valence-corrected chi connectivity index (χ1v) is 6.17. The molecule has 0 fully saturated rings. The van der Waals surface area contributed by atoms with Crippen LogP contribution in [0.3, 0.4) is 0 Å². The molecular formula is C16H12BFO. The number of fused-ring (bicyclic) bond motifs is 1. The Bertz CT molecular complexity index is 734. The molecule has 0 aliphatic rings. The number of rotatable bonds is 2. The quantitative estimate of drug-likeness (QED) is 0.693. The smallest absolute Gasteiger partial charge is 0.305 e. The van der Waals surface area contributed by atoms with Gasteiger partial charge in [-0.2, -0.15) is 0 Å². The van der Waals surface area contributed by atoms with Crippen molar-refractivity contribution in [3.05, 3.63) is 66.5 Å². The zero-order valence-corrected chi connectivity index (χ0v) is 10.3. The highest BCUT2D eigenvalue weighted by molar-refractivity contribution is 6.48. The summed E-state index contributed by atoms with van der Waals surface area (Å²) in [4.78, 5) is 0. The van der Waals surface area contributed by atoms with Gasteiger partial charge in [-0.15, -0.1) is 0 Å². The molecule has 0 amide bonds. The number of halogens is 1. The third-order valence-corrected chi connectivity index (χ3v) is 3.32. The van der Waals surface area contributed by atoms with Gasteiger partial charge in [-0.25, -0.2) is 4.39 Å². The molecule has 0 aliphatic carbocycles. The Morgan fingerprint density at radius 1 is 0.842 bits per heavy atom. The van der Waals surface area contributed by atoms with Gasteiger partial charge in [0.05, 0.1) is 0 Å². The molecule has 0 heterocycles. The number of hydrogen-bond donors (Lipinski definition) is 1. The Morgan fingerprint density at radius 2 is 1.63 bits per heavy atom. The van der Waals surface area contributed by atoms with Gasteiger partial charge in [-0.1, -0.05) is 48.5 Å². The lowest BCUT2D eigenvalue weighted by molar-refractivity contribution is 0.614. The van der Waals surface area contributed by atoms with Crippen molar-refractivity contribution in [3.63, 3.8) is 0 Å². The Balaban J connectivity index is 2.33. The topological polar surface area (TPSA) is 20.2 Å². The molecular weight excluding hydrogens is 238 g/mol. The fraction of sp³-hybridized carbons (Fsp3) is 0. The van der Waals surface area contributed by atoms with Crippen molar-refractivity contribution in [3.8, 4) is 11.1 Å². The Labute approximate surface area is 111 Å². The second-order valence-electron chi connectivity index (χ2n) is 4.49. The van der Waals surface area contributed by atoms with Crippen LogP contribution in [-0.2, 0) is 0 Å². The SMILES string of the molecule is OBc1ccc(F)cc1-c1cccc2ccccc12. The predicted octanol–water partition coefficient (Wildman–Crippen LogP) is 2.62. The van der Waals surface area contributed by atoms with E-state index in [1.807, 2.05) is 42.5 Å². The van der Waals surface area contributed by atoms with Crippen molar-refractivity contribution in [2.45, 2.75) is 0 Å². The highest BCUT2D eigenvalue weighted by Crippen LogP contribution is 2.27. The van der Waals surface area contributed by atoms with E-state index in [1.54, 1.807) is 6.07 Å². The normalized spacial score (nSPS) is 10.6. The minimum atomic E-state index is -0.292. The van der Waals surface area contributed by atoms with Crippen molar-refractivity contribution < 1.29 is 9.41 Å². The van der Waals surface area contributed by atoms with Crippen LogP contribution in [0.5, 0.6) is 0 Å². The maximum absolute atomic E-state index is 13.5. The molecule has 19 heavy (non-hydrogen) atoms. The van der Waals surface area contributed by atoms with Crippen molar-refractivity contribution in [2.75, 3.05) is 0 Å². The van der Waals surface area contributed by atoms with Crippen LogP contribution in [0.4, 0.5) is 4.39 Å². The first-order valence-electron chi connectivity index (χ1n) is 6.17. The van der Waals surface area contributed by atoms with Crippen LogP contribution < -0.4 is 5.46 Å². The molecule has 3 heteroatoms.